The molecule has 1 unspecified atom stereocenters. The zero-order chi connectivity index (χ0) is 12.6. The average Bonchev–Trinajstić information content (AvgIpc) is 2.68. The number of hydrogen-bond acceptors (Lipinski definition) is 5. The molecule has 2 saturated heterocycles. The molecule has 0 saturated carbocycles. The zero-order valence-electron chi connectivity index (χ0n) is 10.5. The summed E-state index contributed by atoms with van der Waals surface area (Å²) in [6.07, 6.45) is 3.49. The van der Waals surface area contributed by atoms with E-state index in [-0.39, 0.29) is 11.8 Å². The van der Waals surface area contributed by atoms with Crippen molar-refractivity contribution in [2.45, 2.75) is 31.2 Å². The fraction of sp³-hybridized carbons (Fsp3) is 0.833. The Labute approximate surface area is 106 Å². The van der Waals surface area contributed by atoms with Gasteiger partial charge in [-0.25, -0.2) is 0 Å². The van der Waals surface area contributed by atoms with Crippen LogP contribution in [0.25, 0.3) is 0 Å². The Hall–Kier alpha value is -0.980. The maximum atomic E-state index is 12.2. The second-order valence-electron chi connectivity index (χ2n) is 5.48. The Morgan fingerprint density at radius 3 is 2.89 bits per heavy atom. The van der Waals surface area contributed by atoms with Crippen molar-refractivity contribution in [1.29, 1.82) is 0 Å². The molecule has 0 radical (unpaired) electrons. The summed E-state index contributed by atoms with van der Waals surface area (Å²) in [7, 11) is 0. The van der Waals surface area contributed by atoms with Crippen LogP contribution >= 0.6 is 0 Å². The number of piperidine rings is 2. The molecule has 0 aromatic carbocycles. The second-order valence-corrected chi connectivity index (χ2v) is 5.48. The van der Waals surface area contributed by atoms with Crippen LogP contribution in [0.1, 0.15) is 25.7 Å². The molecule has 3 aliphatic rings. The summed E-state index contributed by atoms with van der Waals surface area (Å²) in [5.74, 6) is 1.01. The van der Waals surface area contributed by atoms with Gasteiger partial charge in [0.15, 0.2) is 0 Å². The summed E-state index contributed by atoms with van der Waals surface area (Å²) in [5, 5.41) is 17.1. The van der Waals surface area contributed by atoms with Gasteiger partial charge in [0.25, 0.3) is 5.91 Å². The molecule has 100 valence electrons. The van der Waals surface area contributed by atoms with E-state index in [2.05, 4.69) is 10.6 Å². The van der Waals surface area contributed by atoms with Gasteiger partial charge in [0.1, 0.15) is 11.4 Å². The molecule has 0 bridgehead atoms. The lowest BCUT2D eigenvalue weighted by molar-refractivity contribution is -0.124. The molecular weight excluding hydrogens is 232 g/mol. The van der Waals surface area contributed by atoms with Gasteiger partial charge in [-0.15, -0.1) is 0 Å². The highest BCUT2D eigenvalue weighted by Crippen LogP contribution is 2.30. The van der Waals surface area contributed by atoms with E-state index < -0.39 is 5.54 Å². The maximum absolute atomic E-state index is 12.2. The lowest BCUT2D eigenvalue weighted by atomic mass is 9.89. The van der Waals surface area contributed by atoms with Gasteiger partial charge in [0.05, 0.1) is 0 Å². The van der Waals surface area contributed by atoms with Gasteiger partial charge in [-0.3, -0.25) is 9.79 Å². The average molecular weight is 252 g/mol. The van der Waals surface area contributed by atoms with Crippen molar-refractivity contribution in [3.05, 3.63) is 0 Å². The lowest BCUT2D eigenvalue weighted by Gasteiger charge is -2.28. The zero-order valence-corrected chi connectivity index (χ0v) is 10.5. The molecule has 6 nitrogen and oxygen atoms in total. The third-order valence-corrected chi connectivity index (χ3v) is 4.22. The van der Waals surface area contributed by atoms with Crippen LogP contribution in [0.5, 0.6) is 0 Å². The minimum atomic E-state index is -0.529. The quantitative estimate of drug-likeness (QED) is 0.601. The lowest BCUT2D eigenvalue weighted by Crippen LogP contribution is -2.48. The molecule has 2 fully saturated rings. The van der Waals surface area contributed by atoms with Crippen molar-refractivity contribution in [2.75, 3.05) is 26.2 Å². The van der Waals surface area contributed by atoms with Crippen LogP contribution in [0, 0.1) is 5.92 Å². The van der Waals surface area contributed by atoms with E-state index in [9.17, 15) is 10.0 Å². The molecular formula is C12H20N4O2. The first-order valence-electron chi connectivity index (χ1n) is 6.75. The van der Waals surface area contributed by atoms with E-state index in [1.165, 1.54) is 5.06 Å². The number of nitrogens with one attached hydrogen (secondary N) is 2. The monoisotopic (exact) mass is 252 g/mol. The van der Waals surface area contributed by atoms with Crippen LogP contribution < -0.4 is 10.6 Å². The second kappa shape index (κ2) is 4.60. The van der Waals surface area contributed by atoms with Crippen molar-refractivity contribution < 1.29 is 10.0 Å². The van der Waals surface area contributed by atoms with E-state index >= 15 is 0 Å². The van der Waals surface area contributed by atoms with Gasteiger partial charge in [-0.1, -0.05) is 0 Å². The van der Waals surface area contributed by atoms with Crippen LogP contribution in [0.3, 0.4) is 0 Å². The first kappa shape index (κ1) is 12.1. The van der Waals surface area contributed by atoms with Crippen LogP contribution in [-0.2, 0) is 4.79 Å². The number of nitrogens with zero attached hydrogens (tertiary/aromatic N) is 2. The molecule has 1 spiro atoms. The van der Waals surface area contributed by atoms with Crippen molar-refractivity contribution in [2.24, 2.45) is 10.9 Å². The fourth-order valence-electron chi connectivity index (χ4n) is 3.09. The van der Waals surface area contributed by atoms with Crippen LogP contribution in [0.2, 0.25) is 0 Å². The predicted molar refractivity (Wildman–Crippen MR) is 66.5 cm³/mol. The summed E-state index contributed by atoms with van der Waals surface area (Å²) in [6.45, 7) is 2.99. The van der Waals surface area contributed by atoms with Gasteiger partial charge in [0.2, 0.25) is 0 Å². The fourth-order valence-corrected chi connectivity index (χ4v) is 3.09. The maximum Gasteiger partial charge on any atom is 0.253 e. The van der Waals surface area contributed by atoms with E-state index in [1.54, 1.807) is 0 Å². The van der Waals surface area contributed by atoms with Crippen molar-refractivity contribution in [1.82, 2.24) is 15.7 Å². The molecule has 3 heterocycles. The first-order chi connectivity index (χ1) is 8.70. The first-order valence-corrected chi connectivity index (χ1v) is 6.75. The molecule has 3 N–H and O–H groups in total. The topological polar surface area (TPSA) is 77.0 Å². The number of hydrogen-bond donors (Lipinski definition) is 3. The summed E-state index contributed by atoms with van der Waals surface area (Å²) < 4.78 is 0. The molecule has 3 aliphatic heterocycles. The summed E-state index contributed by atoms with van der Waals surface area (Å²) >= 11 is 0. The number of carbonyl (C=O) groups is 1. The normalized spacial score (nSPS) is 32.4. The number of hydroxylamine groups is 2. The van der Waals surface area contributed by atoms with Gasteiger partial charge in [0, 0.05) is 19.0 Å². The molecule has 0 aromatic heterocycles. The van der Waals surface area contributed by atoms with E-state index in [0.717, 1.165) is 44.6 Å². The molecule has 18 heavy (non-hydrogen) atoms. The Bertz CT molecular complexity index is 376. The molecule has 0 aromatic rings. The minimum absolute atomic E-state index is 0.0501. The Morgan fingerprint density at radius 2 is 2.17 bits per heavy atom. The number of amidine groups is 1. The van der Waals surface area contributed by atoms with Gasteiger partial charge >= 0.3 is 0 Å². The highest BCUT2D eigenvalue weighted by molar-refractivity contribution is 6.09. The van der Waals surface area contributed by atoms with Gasteiger partial charge in [-0.2, -0.15) is 5.06 Å². The number of carbonyl (C=O) groups excluding carboxylic acids is 1. The number of rotatable bonds is 1. The van der Waals surface area contributed by atoms with Crippen LogP contribution in [0.15, 0.2) is 4.99 Å². The van der Waals surface area contributed by atoms with Gasteiger partial charge in [-0.05, 0) is 38.8 Å². The Kier molecular flexibility index (Phi) is 3.09. The Balaban J connectivity index is 1.77. The predicted octanol–water partition coefficient (Wildman–Crippen LogP) is -0.262. The van der Waals surface area contributed by atoms with Crippen molar-refractivity contribution in [3.8, 4) is 0 Å². The highest BCUT2D eigenvalue weighted by atomic mass is 16.5. The molecule has 1 amide bonds. The summed E-state index contributed by atoms with van der Waals surface area (Å²) in [4.78, 5) is 16.9. The van der Waals surface area contributed by atoms with Crippen molar-refractivity contribution >= 4 is 11.7 Å². The SMILES string of the molecule is O=C1NC(C2CCCN(O)C2)=NC12CCNCC2. The van der Waals surface area contributed by atoms with Crippen molar-refractivity contribution in [3.63, 3.8) is 0 Å². The molecule has 0 aliphatic carbocycles. The minimum Gasteiger partial charge on any atom is -0.317 e. The smallest absolute Gasteiger partial charge is 0.253 e. The Morgan fingerprint density at radius 1 is 1.39 bits per heavy atom. The number of amides is 1. The molecule has 6 heteroatoms. The largest absolute Gasteiger partial charge is 0.317 e. The van der Waals surface area contributed by atoms with E-state index in [0.29, 0.717) is 13.1 Å². The third-order valence-electron chi connectivity index (χ3n) is 4.22. The molecule has 1 atom stereocenters. The summed E-state index contributed by atoms with van der Waals surface area (Å²) in [6, 6.07) is 0. The highest BCUT2D eigenvalue weighted by Gasteiger charge is 2.45. The molecule has 3 rings (SSSR count). The van der Waals surface area contributed by atoms with E-state index in [4.69, 9.17) is 4.99 Å². The standard InChI is InChI=1S/C12H20N4O2/c17-11-12(3-5-13-6-4-12)15-10(14-11)9-2-1-7-16(18)8-9/h9,13,18H,1-8H2,(H,14,15,17). The third kappa shape index (κ3) is 2.04. The van der Waals surface area contributed by atoms with E-state index in [1.807, 2.05) is 0 Å². The van der Waals surface area contributed by atoms with Crippen LogP contribution in [0.4, 0.5) is 0 Å². The van der Waals surface area contributed by atoms with Gasteiger partial charge < -0.3 is 15.8 Å². The van der Waals surface area contributed by atoms with Crippen LogP contribution in [-0.4, -0.2) is 53.7 Å². The summed E-state index contributed by atoms with van der Waals surface area (Å²) in [5.41, 5.74) is -0.529. The number of aliphatic imine (C=N–C) groups is 1.